The molecule has 3 rings (SSSR count). The fraction of sp³-hybridized carbons (Fsp3) is 0.464. The standard InChI is InChI=1S/C28H39N7O5S/c1-4-16(2)24(35-25(36)20(29)12-18-14-30-15-32-18)27(38)33-22(9-10-41-3)26(37)34-23(28(39)40)11-17-13-31-21-8-6-5-7-19(17)21/h5-8,13-16,20,22-24,31H,4,9-12,29H2,1-3H3,(H,30,32)(H,33,38)(H,34,37)(H,35,36)(H,39,40). The number of fused-ring (bicyclic) bond motifs is 1. The van der Waals surface area contributed by atoms with E-state index in [-0.39, 0.29) is 25.2 Å². The number of hydrogen-bond donors (Lipinski definition) is 7. The van der Waals surface area contributed by atoms with Crippen LogP contribution in [0.4, 0.5) is 0 Å². The van der Waals surface area contributed by atoms with E-state index in [0.29, 0.717) is 17.9 Å². The van der Waals surface area contributed by atoms with E-state index in [1.807, 2.05) is 44.4 Å². The number of rotatable bonds is 16. The number of hydrogen-bond acceptors (Lipinski definition) is 7. The third-order valence-corrected chi connectivity index (χ3v) is 7.73. The smallest absolute Gasteiger partial charge is 0.326 e. The topological polar surface area (TPSA) is 195 Å². The first-order valence-corrected chi connectivity index (χ1v) is 14.9. The normalized spacial score (nSPS) is 14.9. The highest BCUT2D eigenvalue weighted by atomic mass is 32.2. The average molecular weight is 586 g/mol. The molecule has 3 amide bonds. The maximum atomic E-state index is 13.4. The lowest BCUT2D eigenvalue weighted by molar-refractivity contribution is -0.142. The molecule has 0 saturated carbocycles. The summed E-state index contributed by atoms with van der Waals surface area (Å²) in [7, 11) is 0. The maximum Gasteiger partial charge on any atom is 0.326 e. The Hall–Kier alpha value is -3.84. The van der Waals surface area contributed by atoms with Crippen molar-refractivity contribution >= 4 is 46.4 Å². The van der Waals surface area contributed by atoms with Gasteiger partial charge in [-0.25, -0.2) is 9.78 Å². The monoisotopic (exact) mass is 585 g/mol. The summed E-state index contributed by atoms with van der Waals surface area (Å²) in [5, 5.41) is 18.9. The number of carboxylic acids is 1. The Labute approximate surface area is 243 Å². The lowest BCUT2D eigenvalue weighted by Crippen LogP contribution is -2.59. The number of H-pyrrole nitrogens is 2. The van der Waals surface area contributed by atoms with Crippen LogP contribution in [0.3, 0.4) is 0 Å². The van der Waals surface area contributed by atoms with Crippen molar-refractivity contribution in [3.8, 4) is 0 Å². The Morgan fingerprint density at radius 1 is 1.02 bits per heavy atom. The molecule has 12 nitrogen and oxygen atoms in total. The van der Waals surface area contributed by atoms with Gasteiger partial charge in [0.15, 0.2) is 0 Å². The van der Waals surface area contributed by atoms with E-state index in [0.717, 1.165) is 16.5 Å². The predicted octanol–water partition coefficient (Wildman–Crippen LogP) is 1.34. The number of carbonyl (C=O) groups excluding carboxylic acids is 3. The second kappa shape index (κ2) is 15.2. The van der Waals surface area contributed by atoms with Gasteiger partial charge in [0.05, 0.1) is 12.4 Å². The molecule has 0 saturated heterocycles. The van der Waals surface area contributed by atoms with E-state index in [4.69, 9.17) is 5.73 Å². The van der Waals surface area contributed by atoms with E-state index in [9.17, 15) is 24.3 Å². The Balaban J connectivity index is 1.71. The van der Waals surface area contributed by atoms with Crippen LogP contribution in [0.5, 0.6) is 0 Å². The summed E-state index contributed by atoms with van der Waals surface area (Å²) in [6, 6.07) is 3.45. The highest BCUT2D eigenvalue weighted by Crippen LogP contribution is 2.19. The molecular weight excluding hydrogens is 546 g/mol. The molecule has 2 heterocycles. The number of thioether (sulfide) groups is 1. The molecule has 1 aromatic carbocycles. The van der Waals surface area contributed by atoms with Crippen LogP contribution in [-0.2, 0) is 32.0 Å². The molecule has 0 bridgehead atoms. The molecule has 222 valence electrons. The average Bonchev–Trinajstić information content (AvgIpc) is 3.62. The van der Waals surface area contributed by atoms with Crippen LogP contribution < -0.4 is 21.7 Å². The summed E-state index contributed by atoms with van der Waals surface area (Å²) in [4.78, 5) is 61.7. The second-order valence-corrected chi connectivity index (χ2v) is 11.1. The molecule has 3 aromatic rings. The number of para-hydroxylation sites is 1. The van der Waals surface area contributed by atoms with Gasteiger partial charge >= 0.3 is 5.97 Å². The SMILES string of the molecule is CCC(C)C(NC(=O)C(N)Cc1cnc[nH]1)C(=O)NC(CCSC)C(=O)NC(Cc1c[nH]c2ccccc12)C(=O)O. The van der Waals surface area contributed by atoms with Crippen LogP contribution >= 0.6 is 11.8 Å². The first kappa shape index (κ1) is 31.7. The van der Waals surface area contributed by atoms with Gasteiger partial charge in [0.2, 0.25) is 17.7 Å². The number of carbonyl (C=O) groups is 4. The zero-order chi connectivity index (χ0) is 29.9. The van der Waals surface area contributed by atoms with Crippen molar-refractivity contribution in [2.75, 3.05) is 12.0 Å². The molecule has 5 unspecified atom stereocenters. The van der Waals surface area contributed by atoms with Crippen molar-refractivity contribution < 1.29 is 24.3 Å². The highest BCUT2D eigenvalue weighted by molar-refractivity contribution is 7.98. The number of amides is 3. The number of aromatic nitrogens is 3. The van der Waals surface area contributed by atoms with Gasteiger partial charge in [-0.1, -0.05) is 38.5 Å². The molecule has 0 aliphatic rings. The van der Waals surface area contributed by atoms with E-state index in [1.165, 1.54) is 18.1 Å². The maximum absolute atomic E-state index is 13.4. The number of aliphatic carboxylic acids is 1. The van der Waals surface area contributed by atoms with Crippen LogP contribution in [0, 0.1) is 5.92 Å². The largest absolute Gasteiger partial charge is 0.480 e. The number of benzene rings is 1. The van der Waals surface area contributed by atoms with E-state index in [1.54, 1.807) is 12.4 Å². The first-order valence-electron chi connectivity index (χ1n) is 13.5. The minimum Gasteiger partial charge on any atom is -0.480 e. The second-order valence-electron chi connectivity index (χ2n) is 10.1. The molecule has 0 aliphatic heterocycles. The zero-order valence-electron chi connectivity index (χ0n) is 23.5. The van der Waals surface area contributed by atoms with E-state index >= 15 is 0 Å². The lowest BCUT2D eigenvalue weighted by Gasteiger charge is -2.28. The minimum absolute atomic E-state index is 0.0635. The van der Waals surface area contributed by atoms with Crippen LogP contribution in [0.2, 0.25) is 0 Å². The summed E-state index contributed by atoms with van der Waals surface area (Å²) >= 11 is 1.49. The van der Waals surface area contributed by atoms with Crippen molar-refractivity contribution in [3.05, 3.63) is 54.2 Å². The van der Waals surface area contributed by atoms with Gasteiger partial charge in [0.25, 0.3) is 0 Å². The molecule has 8 N–H and O–H groups in total. The van der Waals surface area contributed by atoms with Crippen molar-refractivity contribution in [3.63, 3.8) is 0 Å². The third kappa shape index (κ3) is 8.82. The zero-order valence-corrected chi connectivity index (χ0v) is 24.3. The summed E-state index contributed by atoms with van der Waals surface area (Å²) in [6.07, 6.45) is 7.81. The van der Waals surface area contributed by atoms with Crippen LogP contribution in [-0.4, -0.2) is 79.9 Å². The lowest BCUT2D eigenvalue weighted by atomic mass is 9.97. The Bertz CT molecular complexity index is 1310. The third-order valence-electron chi connectivity index (χ3n) is 7.08. The predicted molar refractivity (Wildman–Crippen MR) is 158 cm³/mol. The van der Waals surface area contributed by atoms with E-state index in [2.05, 4.69) is 30.9 Å². The Morgan fingerprint density at radius 3 is 2.41 bits per heavy atom. The molecule has 5 atom stereocenters. The fourth-order valence-electron chi connectivity index (χ4n) is 4.45. The molecule has 41 heavy (non-hydrogen) atoms. The van der Waals surface area contributed by atoms with Gasteiger partial charge in [-0.3, -0.25) is 14.4 Å². The molecule has 0 spiro atoms. The van der Waals surface area contributed by atoms with Gasteiger partial charge in [0.1, 0.15) is 18.1 Å². The van der Waals surface area contributed by atoms with Crippen LogP contribution in [0.25, 0.3) is 10.9 Å². The minimum atomic E-state index is -1.21. The summed E-state index contributed by atoms with van der Waals surface area (Å²) < 4.78 is 0. The molecule has 0 fully saturated rings. The van der Waals surface area contributed by atoms with Crippen LogP contribution in [0.1, 0.15) is 37.9 Å². The Kier molecular flexibility index (Phi) is 11.8. The van der Waals surface area contributed by atoms with Gasteiger partial charge in [0, 0.05) is 41.8 Å². The summed E-state index contributed by atoms with van der Waals surface area (Å²) in [5.41, 5.74) is 8.38. The Morgan fingerprint density at radius 2 is 1.76 bits per heavy atom. The van der Waals surface area contributed by atoms with Gasteiger partial charge in [-0.05, 0) is 36.0 Å². The summed E-state index contributed by atoms with van der Waals surface area (Å²) in [5.74, 6) is -2.54. The summed E-state index contributed by atoms with van der Waals surface area (Å²) in [6.45, 7) is 3.71. The quantitative estimate of drug-likeness (QED) is 0.131. The van der Waals surface area contributed by atoms with Crippen molar-refractivity contribution in [2.24, 2.45) is 11.7 Å². The van der Waals surface area contributed by atoms with Crippen molar-refractivity contribution in [1.82, 2.24) is 30.9 Å². The van der Waals surface area contributed by atoms with Crippen molar-refractivity contribution in [2.45, 2.75) is 63.7 Å². The molecule has 0 aliphatic carbocycles. The molecule has 0 radical (unpaired) electrons. The van der Waals surface area contributed by atoms with Gasteiger partial charge in [-0.15, -0.1) is 0 Å². The number of nitrogens with one attached hydrogen (secondary N) is 5. The molecular formula is C28H39N7O5S. The number of nitrogens with two attached hydrogens (primary N) is 1. The number of carboxylic acid groups (broad SMARTS) is 1. The van der Waals surface area contributed by atoms with Crippen LogP contribution in [0.15, 0.2) is 43.0 Å². The highest BCUT2D eigenvalue weighted by Gasteiger charge is 2.32. The first-order chi connectivity index (χ1) is 19.6. The van der Waals surface area contributed by atoms with Gasteiger partial charge < -0.3 is 36.8 Å². The van der Waals surface area contributed by atoms with E-state index < -0.39 is 47.9 Å². The molecule has 13 heteroatoms. The fourth-order valence-corrected chi connectivity index (χ4v) is 4.92. The van der Waals surface area contributed by atoms with Crippen molar-refractivity contribution in [1.29, 1.82) is 0 Å². The number of imidazole rings is 1. The number of nitrogens with zero attached hydrogens (tertiary/aromatic N) is 1. The molecule has 2 aromatic heterocycles. The number of aromatic amines is 2. The van der Waals surface area contributed by atoms with Gasteiger partial charge in [-0.2, -0.15) is 11.8 Å².